The van der Waals surface area contributed by atoms with Crippen molar-refractivity contribution in [2.75, 3.05) is 33.9 Å². The molecular weight excluding hydrogens is 264 g/mol. The normalized spacial score (nSPS) is 35.6. The van der Waals surface area contributed by atoms with Gasteiger partial charge in [-0.3, -0.25) is 4.90 Å². The van der Waals surface area contributed by atoms with Crippen LogP contribution in [-0.2, 0) is 9.47 Å². The minimum Gasteiger partial charge on any atom is -0.377 e. The minimum absolute atomic E-state index is 0.229. The molecular formula is C17H34N2O2. The van der Waals surface area contributed by atoms with E-state index < -0.39 is 0 Å². The minimum atomic E-state index is 0.229. The number of nitrogens with one attached hydrogen (secondary N) is 1. The van der Waals surface area contributed by atoms with Crippen LogP contribution in [0.25, 0.3) is 0 Å². The van der Waals surface area contributed by atoms with Gasteiger partial charge in [0.05, 0.1) is 12.2 Å². The van der Waals surface area contributed by atoms with Gasteiger partial charge in [-0.2, -0.15) is 0 Å². The molecule has 0 amide bonds. The van der Waals surface area contributed by atoms with E-state index in [0.29, 0.717) is 12.1 Å². The monoisotopic (exact) mass is 298 g/mol. The summed E-state index contributed by atoms with van der Waals surface area (Å²) < 4.78 is 11.2. The standard InChI is InChI=1S/C17H34N2O2/c1-4-11-18-14-9-7-5-6-8-10-15(14)19-12-16(20-2)17(13-19)21-3/h14-18H,4-13H2,1-3H3. The smallest absolute Gasteiger partial charge is 0.0971 e. The first kappa shape index (κ1) is 17.2. The maximum atomic E-state index is 5.62. The van der Waals surface area contributed by atoms with E-state index in [-0.39, 0.29) is 12.2 Å². The lowest BCUT2D eigenvalue weighted by Crippen LogP contribution is -2.50. The Morgan fingerprint density at radius 2 is 1.57 bits per heavy atom. The van der Waals surface area contributed by atoms with Crippen molar-refractivity contribution in [1.29, 1.82) is 0 Å². The van der Waals surface area contributed by atoms with Crippen LogP contribution in [0, 0.1) is 0 Å². The summed E-state index contributed by atoms with van der Waals surface area (Å²) in [4.78, 5) is 2.63. The topological polar surface area (TPSA) is 33.7 Å². The molecule has 2 fully saturated rings. The van der Waals surface area contributed by atoms with Crippen molar-refractivity contribution < 1.29 is 9.47 Å². The van der Waals surface area contributed by atoms with Crippen molar-refractivity contribution in [2.24, 2.45) is 0 Å². The van der Waals surface area contributed by atoms with E-state index in [4.69, 9.17) is 9.47 Å². The molecule has 1 heterocycles. The summed E-state index contributed by atoms with van der Waals surface area (Å²) in [6, 6.07) is 1.29. The third kappa shape index (κ3) is 4.65. The Hall–Kier alpha value is -0.160. The van der Waals surface area contributed by atoms with E-state index in [1.807, 2.05) is 14.2 Å². The highest BCUT2D eigenvalue weighted by Crippen LogP contribution is 2.27. The third-order valence-electron chi connectivity index (χ3n) is 5.20. The largest absolute Gasteiger partial charge is 0.377 e. The van der Waals surface area contributed by atoms with Crippen molar-refractivity contribution in [1.82, 2.24) is 10.2 Å². The molecule has 1 aliphatic carbocycles. The van der Waals surface area contributed by atoms with Crippen LogP contribution in [0.1, 0.15) is 51.9 Å². The molecule has 0 aromatic carbocycles. The Morgan fingerprint density at radius 3 is 2.14 bits per heavy atom. The molecule has 1 saturated heterocycles. The van der Waals surface area contributed by atoms with Crippen LogP contribution in [0.5, 0.6) is 0 Å². The lowest BCUT2D eigenvalue weighted by Gasteiger charge is -2.36. The Morgan fingerprint density at radius 1 is 0.952 bits per heavy atom. The molecule has 124 valence electrons. The van der Waals surface area contributed by atoms with E-state index in [0.717, 1.165) is 19.6 Å². The number of likely N-dealkylation sites (tertiary alicyclic amines) is 1. The van der Waals surface area contributed by atoms with Gasteiger partial charge in [-0.1, -0.05) is 32.6 Å². The Bertz CT molecular complexity index is 274. The van der Waals surface area contributed by atoms with Crippen molar-refractivity contribution in [3.8, 4) is 0 Å². The van der Waals surface area contributed by atoms with Gasteiger partial charge in [0.1, 0.15) is 0 Å². The summed E-state index contributed by atoms with van der Waals surface area (Å²) in [5.41, 5.74) is 0. The van der Waals surface area contributed by atoms with Gasteiger partial charge < -0.3 is 14.8 Å². The molecule has 4 heteroatoms. The van der Waals surface area contributed by atoms with Crippen LogP contribution in [0.15, 0.2) is 0 Å². The van der Waals surface area contributed by atoms with Crippen molar-refractivity contribution in [3.05, 3.63) is 0 Å². The number of hydrogen-bond acceptors (Lipinski definition) is 4. The SMILES string of the molecule is CCCNC1CCCCCCC1N1CC(OC)C(OC)C1. The summed E-state index contributed by atoms with van der Waals surface area (Å²) >= 11 is 0. The molecule has 2 rings (SSSR count). The highest BCUT2D eigenvalue weighted by atomic mass is 16.5. The third-order valence-corrected chi connectivity index (χ3v) is 5.20. The molecule has 1 saturated carbocycles. The molecule has 4 atom stereocenters. The lowest BCUT2D eigenvalue weighted by atomic mass is 9.91. The Balaban J connectivity index is 2.01. The fourth-order valence-electron chi connectivity index (χ4n) is 3.97. The van der Waals surface area contributed by atoms with Crippen LogP contribution in [0.3, 0.4) is 0 Å². The Labute approximate surface area is 130 Å². The highest BCUT2D eigenvalue weighted by Gasteiger charge is 2.38. The average molecular weight is 298 g/mol. The number of hydrogen-bond donors (Lipinski definition) is 1. The van der Waals surface area contributed by atoms with Crippen LogP contribution < -0.4 is 5.32 Å². The van der Waals surface area contributed by atoms with Crippen molar-refractivity contribution in [2.45, 2.75) is 76.2 Å². The van der Waals surface area contributed by atoms with E-state index in [1.165, 1.54) is 44.9 Å². The first-order chi connectivity index (χ1) is 10.3. The zero-order chi connectivity index (χ0) is 15.1. The maximum absolute atomic E-state index is 5.62. The summed E-state index contributed by atoms with van der Waals surface area (Å²) in [6.45, 7) is 5.42. The molecule has 0 aromatic rings. The van der Waals surface area contributed by atoms with Crippen LogP contribution in [-0.4, -0.2) is 63.0 Å². The van der Waals surface area contributed by atoms with Crippen LogP contribution in [0.2, 0.25) is 0 Å². The molecule has 1 N–H and O–H groups in total. The van der Waals surface area contributed by atoms with E-state index in [2.05, 4.69) is 17.1 Å². The molecule has 0 aromatic heterocycles. The van der Waals surface area contributed by atoms with Crippen LogP contribution in [0.4, 0.5) is 0 Å². The molecule has 4 nitrogen and oxygen atoms in total. The van der Waals surface area contributed by atoms with E-state index >= 15 is 0 Å². The first-order valence-electron chi connectivity index (χ1n) is 8.83. The fraction of sp³-hybridized carbons (Fsp3) is 1.00. The van der Waals surface area contributed by atoms with Gasteiger partial charge in [0.15, 0.2) is 0 Å². The molecule has 21 heavy (non-hydrogen) atoms. The first-order valence-corrected chi connectivity index (χ1v) is 8.83. The van der Waals surface area contributed by atoms with Gasteiger partial charge in [-0.25, -0.2) is 0 Å². The molecule has 0 spiro atoms. The van der Waals surface area contributed by atoms with Gasteiger partial charge in [0.25, 0.3) is 0 Å². The maximum Gasteiger partial charge on any atom is 0.0971 e. The summed E-state index contributed by atoms with van der Waals surface area (Å²) in [7, 11) is 3.62. The molecule has 0 bridgehead atoms. The number of rotatable bonds is 6. The second-order valence-electron chi connectivity index (χ2n) is 6.62. The van der Waals surface area contributed by atoms with Gasteiger partial charge >= 0.3 is 0 Å². The van der Waals surface area contributed by atoms with Gasteiger partial charge in [-0.15, -0.1) is 0 Å². The fourth-order valence-corrected chi connectivity index (χ4v) is 3.97. The zero-order valence-corrected chi connectivity index (χ0v) is 14.1. The molecule has 1 aliphatic heterocycles. The molecule has 0 radical (unpaired) electrons. The van der Waals surface area contributed by atoms with E-state index in [1.54, 1.807) is 0 Å². The predicted molar refractivity (Wildman–Crippen MR) is 86.7 cm³/mol. The second kappa shape index (κ2) is 9.09. The van der Waals surface area contributed by atoms with Gasteiger partial charge in [-0.05, 0) is 25.8 Å². The number of ether oxygens (including phenoxy) is 2. The highest BCUT2D eigenvalue weighted by molar-refractivity contribution is 4.94. The zero-order valence-electron chi connectivity index (χ0n) is 14.1. The molecule has 4 unspecified atom stereocenters. The summed E-state index contributed by atoms with van der Waals surface area (Å²) in [6.07, 6.45) is 9.83. The lowest BCUT2D eigenvalue weighted by molar-refractivity contribution is -0.00461. The van der Waals surface area contributed by atoms with Crippen molar-refractivity contribution in [3.63, 3.8) is 0 Å². The van der Waals surface area contributed by atoms with Gasteiger partial charge in [0, 0.05) is 39.4 Å². The number of methoxy groups -OCH3 is 2. The Kier molecular flexibility index (Phi) is 7.44. The predicted octanol–water partition coefficient (Wildman–Crippen LogP) is 2.42. The van der Waals surface area contributed by atoms with Crippen LogP contribution >= 0.6 is 0 Å². The van der Waals surface area contributed by atoms with Crippen molar-refractivity contribution >= 4 is 0 Å². The molecule has 2 aliphatic rings. The summed E-state index contributed by atoms with van der Waals surface area (Å²) in [5.74, 6) is 0. The summed E-state index contributed by atoms with van der Waals surface area (Å²) in [5, 5.41) is 3.81. The van der Waals surface area contributed by atoms with Gasteiger partial charge in [0.2, 0.25) is 0 Å². The number of nitrogens with zero attached hydrogens (tertiary/aromatic N) is 1. The van der Waals surface area contributed by atoms with E-state index in [9.17, 15) is 0 Å². The average Bonchev–Trinajstić information content (AvgIpc) is 2.89. The second-order valence-corrected chi connectivity index (χ2v) is 6.62. The quantitative estimate of drug-likeness (QED) is 0.816.